The van der Waals surface area contributed by atoms with Crippen molar-refractivity contribution in [1.82, 2.24) is 26.2 Å². The first-order valence-corrected chi connectivity index (χ1v) is 18.2. The fraction of sp³-hybridized carbons (Fsp3) is 0.486. The Hall–Kier alpha value is -5.07. The van der Waals surface area contributed by atoms with Crippen molar-refractivity contribution in [3.05, 3.63) is 48.0 Å². The number of benzene rings is 2. The summed E-state index contributed by atoms with van der Waals surface area (Å²) in [5.41, 5.74) is 6.37. The van der Waals surface area contributed by atoms with E-state index in [1.165, 1.54) is 0 Å². The van der Waals surface area contributed by atoms with Gasteiger partial charge in [-0.15, -0.1) is 11.8 Å². The Morgan fingerprint density at radius 3 is 2.38 bits per heavy atom. The van der Waals surface area contributed by atoms with E-state index >= 15 is 0 Å². The minimum atomic E-state index is -1.20. The minimum absolute atomic E-state index is 0.107. The number of amides is 7. The Morgan fingerprint density at radius 1 is 0.868 bits per heavy atom. The van der Waals surface area contributed by atoms with Crippen molar-refractivity contribution in [3.8, 4) is 0 Å². The fourth-order valence-electron chi connectivity index (χ4n) is 5.27. The highest BCUT2D eigenvalue weighted by molar-refractivity contribution is 8.01. The highest BCUT2D eigenvalue weighted by atomic mass is 32.2. The van der Waals surface area contributed by atoms with Crippen LogP contribution in [0.2, 0.25) is 0 Å². The summed E-state index contributed by atoms with van der Waals surface area (Å²) in [6, 6.07) is 12.6. The van der Waals surface area contributed by atoms with Crippen LogP contribution < -0.4 is 27.0 Å². The predicted octanol–water partition coefficient (Wildman–Crippen LogP) is -0.760. The van der Waals surface area contributed by atoms with Crippen LogP contribution in [-0.4, -0.2) is 127 Å². The number of hydrogen-bond donors (Lipinski definition) is 6. The Labute approximate surface area is 310 Å². The van der Waals surface area contributed by atoms with E-state index in [1.807, 2.05) is 42.5 Å². The number of aliphatic carboxylic acids is 1. The van der Waals surface area contributed by atoms with E-state index in [1.54, 1.807) is 0 Å². The lowest BCUT2D eigenvalue weighted by atomic mass is 10.0. The molecule has 2 atom stereocenters. The largest absolute Gasteiger partial charge is 0.480 e. The van der Waals surface area contributed by atoms with Crippen LogP contribution in [-0.2, 0) is 54.3 Å². The molecule has 1 aliphatic rings. The van der Waals surface area contributed by atoms with Crippen molar-refractivity contribution in [1.29, 1.82) is 0 Å². The quantitative estimate of drug-likeness (QED) is 0.0540. The molecule has 17 nitrogen and oxygen atoms in total. The van der Waals surface area contributed by atoms with Crippen molar-refractivity contribution < 1.29 is 52.9 Å². The molecule has 0 bridgehead atoms. The van der Waals surface area contributed by atoms with E-state index < -0.39 is 53.3 Å². The molecule has 0 spiro atoms. The summed E-state index contributed by atoms with van der Waals surface area (Å²) in [6.45, 7) is 0.176. The van der Waals surface area contributed by atoms with E-state index in [0.29, 0.717) is 25.8 Å². The number of nitrogens with two attached hydrogens (primary N) is 1. The number of unbranched alkanes of at least 4 members (excludes halogenated alkanes) is 1. The molecule has 0 aromatic heterocycles. The molecule has 2 aromatic rings. The Bertz CT molecular complexity index is 1620. The predicted molar refractivity (Wildman–Crippen MR) is 193 cm³/mol. The zero-order valence-electron chi connectivity index (χ0n) is 29.3. The second-order valence-corrected chi connectivity index (χ2v) is 13.2. The lowest BCUT2D eigenvalue weighted by molar-refractivity contribution is -0.139. The molecule has 1 heterocycles. The van der Waals surface area contributed by atoms with Gasteiger partial charge >= 0.3 is 5.97 Å². The first-order valence-electron chi connectivity index (χ1n) is 17.1. The van der Waals surface area contributed by atoms with Crippen LogP contribution in [0.15, 0.2) is 42.5 Å². The molecule has 0 saturated carbocycles. The van der Waals surface area contributed by atoms with E-state index in [0.717, 1.165) is 33.0 Å². The van der Waals surface area contributed by atoms with Gasteiger partial charge in [0, 0.05) is 32.5 Å². The summed E-state index contributed by atoms with van der Waals surface area (Å²) < 4.78 is 10.7. The van der Waals surface area contributed by atoms with E-state index in [2.05, 4.69) is 21.3 Å². The summed E-state index contributed by atoms with van der Waals surface area (Å²) in [4.78, 5) is 96.7. The normalized spacial score (nSPS) is 14.5. The van der Waals surface area contributed by atoms with Crippen LogP contribution >= 0.6 is 11.8 Å². The smallest absolute Gasteiger partial charge is 0.322 e. The SMILES string of the molecule is NC(=O)C(CCCCNC(=O)COCCOCCNC(=O)CCN1C(=O)CC(SCC(=O)NCC(=O)O)C1=O)NC(=O)Cc1cccc2ccccc12. The highest BCUT2D eigenvalue weighted by Gasteiger charge is 2.39. The number of ether oxygens (including phenoxy) is 2. The summed E-state index contributed by atoms with van der Waals surface area (Å²) >= 11 is 0.938. The van der Waals surface area contributed by atoms with Crippen molar-refractivity contribution in [2.24, 2.45) is 5.73 Å². The van der Waals surface area contributed by atoms with Gasteiger partial charge in [-0.2, -0.15) is 0 Å². The maximum absolute atomic E-state index is 12.7. The number of carbonyl (C=O) groups is 8. The number of carbonyl (C=O) groups excluding carboxylic acids is 7. The fourth-order valence-corrected chi connectivity index (χ4v) is 6.26. The molecule has 3 rings (SSSR count). The van der Waals surface area contributed by atoms with Crippen LogP contribution in [0.25, 0.3) is 10.8 Å². The number of nitrogens with one attached hydrogen (secondary N) is 4. The van der Waals surface area contributed by atoms with Gasteiger partial charge in [0.15, 0.2) is 0 Å². The van der Waals surface area contributed by atoms with Crippen LogP contribution in [0.3, 0.4) is 0 Å². The molecule has 1 aliphatic heterocycles. The zero-order chi connectivity index (χ0) is 38.6. The number of fused-ring (bicyclic) bond motifs is 1. The van der Waals surface area contributed by atoms with E-state index in [9.17, 15) is 38.4 Å². The van der Waals surface area contributed by atoms with Gasteiger partial charge in [-0.3, -0.25) is 43.3 Å². The van der Waals surface area contributed by atoms with Crippen LogP contribution in [0, 0.1) is 0 Å². The molecule has 2 unspecified atom stereocenters. The number of imide groups is 1. The monoisotopic (exact) mass is 758 g/mol. The Morgan fingerprint density at radius 2 is 1.60 bits per heavy atom. The molecule has 53 heavy (non-hydrogen) atoms. The molecule has 1 fully saturated rings. The van der Waals surface area contributed by atoms with Crippen LogP contribution in [0.5, 0.6) is 0 Å². The third-order valence-corrected chi connectivity index (χ3v) is 9.14. The average Bonchev–Trinajstić information content (AvgIpc) is 3.40. The van der Waals surface area contributed by atoms with Crippen molar-refractivity contribution in [2.45, 2.75) is 49.8 Å². The second-order valence-electron chi connectivity index (χ2n) is 12.0. The van der Waals surface area contributed by atoms with Crippen molar-refractivity contribution in [3.63, 3.8) is 0 Å². The maximum Gasteiger partial charge on any atom is 0.322 e. The standard InChI is InChI=1S/C35H46N6O11S/c36-34(49)26(40-29(43)18-24-8-5-7-23-6-1-2-9-25(23)24)10-3-4-12-37-30(44)21-52-17-16-51-15-13-38-28(42)11-14-41-32(46)19-27(35(41)50)53-22-31(45)39-20-33(47)48/h1-2,5-9,26-27H,3-4,10-22H2,(H2,36,49)(H,37,44)(H,38,42)(H,39,45)(H,40,43)(H,47,48). The first-order chi connectivity index (χ1) is 25.4. The maximum atomic E-state index is 12.7. The lowest BCUT2D eigenvalue weighted by Gasteiger charge is -2.16. The van der Waals surface area contributed by atoms with Crippen molar-refractivity contribution in [2.75, 3.05) is 58.4 Å². The number of thioether (sulfide) groups is 1. The average molecular weight is 759 g/mol. The molecule has 2 aromatic carbocycles. The van der Waals surface area contributed by atoms with Gasteiger partial charge in [0.25, 0.3) is 0 Å². The van der Waals surface area contributed by atoms with Gasteiger partial charge in [0.1, 0.15) is 19.2 Å². The summed E-state index contributed by atoms with van der Waals surface area (Å²) in [6.07, 6.45) is 1.34. The molecule has 18 heteroatoms. The van der Waals surface area contributed by atoms with E-state index in [-0.39, 0.29) is 76.3 Å². The third kappa shape index (κ3) is 15.6. The van der Waals surface area contributed by atoms with Crippen LogP contribution in [0.1, 0.15) is 37.7 Å². The Balaban J connectivity index is 1.16. The molecule has 7 amide bonds. The highest BCUT2D eigenvalue weighted by Crippen LogP contribution is 2.25. The number of likely N-dealkylation sites (tertiary alicyclic amines) is 1. The third-order valence-electron chi connectivity index (χ3n) is 7.94. The van der Waals surface area contributed by atoms with Gasteiger partial charge < -0.3 is 41.6 Å². The number of carboxylic acid groups (broad SMARTS) is 1. The lowest BCUT2D eigenvalue weighted by Crippen LogP contribution is -2.45. The molecular formula is C35H46N6O11S. The number of rotatable bonds is 25. The van der Waals surface area contributed by atoms with Gasteiger partial charge in [0.05, 0.1) is 37.2 Å². The van der Waals surface area contributed by atoms with Gasteiger partial charge in [0.2, 0.25) is 41.4 Å². The second kappa shape index (κ2) is 22.8. The molecule has 288 valence electrons. The zero-order valence-corrected chi connectivity index (χ0v) is 30.1. The van der Waals surface area contributed by atoms with Gasteiger partial charge in [-0.1, -0.05) is 42.5 Å². The number of primary amides is 1. The van der Waals surface area contributed by atoms with Crippen LogP contribution in [0.4, 0.5) is 0 Å². The summed E-state index contributed by atoms with van der Waals surface area (Å²) in [7, 11) is 0. The molecule has 0 aliphatic carbocycles. The minimum Gasteiger partial charge on any atom is -0.480 e. The number of hydrogen-bond acceptors (Lipinski definition) is 11. The van der Waals surface area contributed by atoms with Crippen molar-refractivity contribution >= 4 is 69.9 Å². The summed E-state index contributed by atoms with van der Waals surface area (Å²) in [5, 5.41) is 20.1. The molecule has 1 saturated heterocycles. The first kappa shape index (κ1) is 42.3. The number of carboxylic acids is 1. The Kier molecular flexibility index (Phi) is 18.2. The molecule has 0 radical (unpaired) electrons. The van der Waals surface area contributed by atoms with Gasteiger partial charge in [-0.25, -0.2) is 0 Å². The topological polar surface area (TPSA) is 253 Å². The van der Waals surface area contributed by atoms with E-state index in [4.69, 9.17) is 20.3 Å². The molecular weight excluding hydrogens is 712 g/mol. The summed E-state index contributed by atoms with van der Waals surface area (Å²) in [5.74, 6) is -4.53. The number of nitrogens with zero attached hydrogens (tertiary/aromatic N) is 1. The van der Waals surface area contributed by atoms with Gasteiger partial charge in [-0.05, 0) is 35.6 Å². The molecule has 7 N–H and O–H groups in total.